The molecule has 0 aromatic heterocycles. The molecule has 2 nitrogen and oxygen atoms in total. The minimum atomic E-state index is 0.463. The lowest BCUT2D eigenvalue weighted by Gasteiger charge is -2.02. The molecule has 0 bridgehead atoms. The maximum Gasteiger partial charge on any atom is 0.0158 e. The molecule has 0 radical (unpaired) electrons. The van der Waals surface area contributed by atoms with Crippen molar-refractivity contribution in [2.24, 2.45) is 5.73 Å². The smallest absolute Gasteiger partial charge is 0.0158 e. The van der Waals surface area contributed by atoms with Gasteiger partial charge >= 0.3 is 0 Å². The van der Waals surface area contributed by atoms with Crippen LogP contribution in [0, 0.1) is 0 Å². The van der Waals surface area contributed by atoms with E-state index < -0.39 is 0 Å². The maximum absolute atomic E-state index is 5.22. The molecule has 0 aliphatic heterocycles. The van der Waals surface area contributed by atoms with Crippen LogP contribution in [-0.4, -0.2) is 19.6 Å². The molecular formula is C4H12N2. The lowest BCUT2D eigenvalue weighted by molar-refractivity contribution is 0.621. The first kappa shape index (κ1) is 5.92. The summed E-state index contributed by atoms with van der Waals surface area (Å²) in [7, 11) is 1.90. The lowest BCUT2D eigenvalue weighted by atomic mass is 10.4. The van der Waals surface area contributed by atoms with E-state index in [2.05, 4.69) is 5.32 Å². The number of nitrogens with one attached hydrogen (secondary N) is 1. The van der Waals surface area contributed by atoms with E-state index in [0.29, 0.717) is 6.04 Å². The second-order valence-corrected chi connectivity index (χ2v) is 1.43. The standard InChI is InChI=1S/C4H12N2/c1-4(3-5)6-2/h4,6H,3,5H2,1-2H3/t4-/m0/s1. The Bertz CT molecular complexity index is 24.7. The van der Waals surface area contributed by atoms with Gasteiger partial charge < -0.3 is 11.1 Å². The minimum Gasteiger partial charge on any atom is -0.329 e. The van der Waals surface area contributed by atoms with Gasteiger partial charge in [0, 0.05) is 12.6 Å². The molecular weight excluding hydrogens is 76.1 g/mol. The third-order valence-electron chi connectivity index (χ3n) is 0.846. The average Bonchev–Trinajstić information content (AvgIpc) is 1.65. The van der Waals surface area contributed by atoms with Gasteiger partial charge in [0.1, 0.15) is 0 Å². The molecule has 0 rings (SSSR count). The van der Waals surface area contributed by atoms with Gasteiger partial charge in [0.05, 0.1) is 0 Å². The molecule has 1 atom stereocenters. The Kier molecular flexibility index (Phi) is 3.08. The third-order valence-corrected chi connectivity index (χ3v) is 0.846. The molecule has 0 saturated carbocycles. The zero-order valence-corrected chi connectivity index (χ0v) is 4.36. The van der Waals surface area contributed by atoms with Crippen LogP contribution in [0.5, 0.6) is 0 Å². The Morgan fingerprint density at radius 1 is 1.83 bits per heavy atom. The maximum atomic E-state index is 5.22. The molecule has 0 aliphatic rings. The topological polar surface area (TPSA) is 38.0 Å². The predicted octanol–water partition coefficient (Wildman–Crippen LogP) is -0.447. The fourth-order valence-corrected chi connectivity index (χ4v) is 0.118. The molecule has 6 heavy (non-hydrogen) atoms. The Hall–Kier alpha value is -0.0800. The van der Waals surface area contributed by atoms with Crippen LogP contribution < -0.4 is 11.1 Å². The SMILES string of the molecule is CN[C@@H](C)CN. The zero-order valence-electron chi connectivity index (χ0n) is 4.36. The van der Waals surface area contributed by atoms with E-state index in [0.717, 1.165) is 6.54 Å². The van der Waals surface area contributed by atoms with E-state index in [1.165, 1.54) is 0 Å². The zero-order chi connectivity index (χ0) is 4.99. The van der Waals surface area contributed by atoms with Gasteiger partial charge in [-0.3, -0.25) is 0 Å². The van der Waals surface area contributed by atoms with Gasteiger partial charge in [0.25, 0.3) is 0 Å². The largest absolute Gasteiger partial charge is 0.329 e. The van der Waals surface area contributed by atoms with Crippen molar-refractivity contribution in [2.75, 3.05) is 13.6 Å². The first-order valence-corrected chi connectivity index (χ1v) is 2.18. The highest BCUT2D eigenvalue weighted by Crippen LogP contribution is 1.67. The minimum absolute atomic E-state index is 0.463. The quantitative estimate of drug-likeness (QED) is 0.480. The number of nitrogens with two attached hydrogens (primary N) is 1. The van der Waals surface area contributed by atoms with Crippen molar-refractivity contribution >= 4 is 0 Å². The van der Waals surface area contributed by atoms with E-state index in [4.69, 9.17) is 5.73 Å². The summed E-state index contributed by atoms with van der Waals surface area (Å²) >= 11 is 0. The van der Waals surface area contributed by atoms with Gasteiger partial charge in [0.15, 0.2) is 0 Å². The summed E-state index contributed by atoms with van der Waals surface area (Å²) in [6, 6.07) is 0.463. The molecule has 38 valence electrons. The normalized spacial score (nSPS) is 14.5. The summed E-state index contributed by atoms with van der Waals surface area (Å²) in [5.74, 6) is 0. The van der Waals surface area contributed by atoms with Crippen LogP contribution >= 0.6 is 0 Å². The van der Waals surface area contributed by atoms with Gasteiger partial charge in [-0.2, -0.15) is 0 Å². The van der Waals surface area contributed by atoms with Crippen LogP contribution in [0.1, 0.15) is 6.92 Å². The first-order valence-electron chi connectivity index (χ1n) is 2.18. The summed E-state index contributed by atoms with van der Waals surface area (Å²) in [6.45, 7) is 2.76. The molecule has 0 aromatic rings. The molecule has 0 spiro atoms. The molecule has 0 fully saturated rings. The van der Waals surface area contributed by atoms with E-state index in [9.17, 15) is 0 Å². The van der Waals surface area contributed by atoms with Crippen molar-refractivity contribution in [1.29, 1.82) is 0 Å². The van der Waals surface area contributed by atoms with Crippen LogP contribution in [0.25, 0.3) is 0 Å². The van der Waals surface area contributed by atoms with E-state index >= 15 is 0 Å². The summed E-state index contributed by atoms with van der Waals surface area (Å²) in [6.07, 6.45) is 0. The Morgan fingerprint density at radius 2 is 2.33 bits per heavy atom. The monoisotopic (exact) mass is 88.1 g/mol. The van der Waals surface area contributed by atoms with Crippen LogP contribution in [0.2, 0.25) is 0 Å². The van der Waals surface area contributed by atoms with Crippen molar-refractivity contribution in [3.8, 4) is 0 Å². The fraction of sp³-hybridized carbons (Fsp3) is 1.00. The summed E-state index contributed by atoms with van der Waals surface area (Å²) in [4.78, 5) is 0. The highest BCUT2D eigenvalue weighted by molar-refractivity contribution is 4.53. The van der Waals surface area contributed by atoms with Gasteiger partial charge in [-0.15, -0.1) is 0 Å². The Morgan fingerprint density at radius 3 is 2.33 bits per heavy atom. The van der Waals surface area contributed by atoms with Gasteiger partial charge in [-0.05, 0) is 14.0 Å². The number of hydrogen-bond acceptors (Lipinski definition) is 2. The summed E-state index contributed by atoms with van der Waals surface area (Å²) < 4.78 is 0. The highest BCUT2D eigenvalue weighted by Gasteiger charge is 1.86. The highest BCUT2D eigenvalue weighted by atomic mass is 14.9. The molecule has 0 aromatic carbocycles. The van der Waals surface area contributed by atoms with Crippen LogP contribution in [0.15, 0.2) is 0 Å². The van der Waals surface area contributed by atoms with E-state index in [1.54, 1.807) is 0 Å². The number of likely N-dealkylation sites (N-methyl/N-ethyl adjacent to an activating group) is 1. The molecule has 0 aliphatic carbocycles. The van der Waals surface area contributed by atoms with E-state index in [-0.39, 0.29) is 0 Å². The molecule has 2 heteroatoms. The first-order chi connectivity index (χ1) is 2.81. The molecule has 0 heterocycles. The van der Waals surface area contributed by atoms with Crippen molar-refractivity contribution in [1.82, 2.24) is 5.32 Å². The lowest BCUT2D eigenvalue weighted by Crippen LogP contribution is -2.29. The predicted molar refractivity (Wildman–Crippen MR) is 27.6 cm³/mol. The molecule has 0 unspecified atom stereocenters. The molecule has 0 amide bonds. The van der Waals surface area contributed by atoms with Crippen molar-refractivity contribution in [3.05, 3.63) is 0 Å². The fourth-order valence-electron chi connectivity index (χ4n) is 0.118. The Balaban J connectivity index is 2.75. The second-order valence-electron chi connectivity index (χ2n) is 1.43. The average molecular weight is 88.2 g/mol. The van der Waals surface area contributed by atoms with Crippen LogP contribution in [0.3, 0.4) is 0 Å². The van der Waals surface area contributed by atoms with Crippen LogP contribution in [-0.2, 0) is 0 Å². The second kappa shape index (κ2) is 3.12. The molecule has 0 saturated heterocycles. The van der Waals surface area contributed by atoms with E-state index in [1.807, 2.05) is 14.0 Å². The van der Waals surface area contributed by atoms with Crippen molar-refractivity contribution < 1.29 is 0 Å². The Labute approximate surface area is 38.7 Å². The van der Waals surface area contributed by atoms with Crippen molar-refractivity contribution in [3.63, 3.8) is 0 Å². The number of rotatable bonds is 2. The molecule has 3 N–H and O–H groups in total. The van der Waals surface area contributed by atoms with Gasteiger partial charge in [-0.25, -0.2) is 0 Å². The van der Waals surface area contributed by atoms with Crippen molar-refractivity contribution in [2.45, 2.75) is 13.0 Å². The third kappa shape index (κ3) is 2.18. The summed E-state index contributed by atoms with van der Waals surface area (Å²) in [5.41, 5.74) is 5.22. The number of hydrogen-bond donors (Lipinski definition) is 2. The van der Waals surface area contributed by atoms with Crippen LogP contribution in [0.4, 0.5) is 0 Å². The van der Waals surface area contributed by atoms with Gasteiger partial charge in [0.2, 0.25) is 0 Å². The van der Waals surface area contributed by atoms with Gasteiger partial charge in [-0.1, -0.05) is 0 Å². The summed E-state index contributed by atoms with van der Waals surface area (Å²) in [5, 5.41) is 2.99.